The molecule has 0 aliphatic heterocycles. The first-order chi connectivity index (χ1) is 14.0. The van der Waals surface area contributed by atoms with Gasteiger partial charge < -0.3 is 24.4 Å². The van der Waals surface area contributed by atoms with Gasteiger partial charge in [0, 0.05) is 12.1 Å². The topological polar surface area (TPSA) is 62.9 Å². The predicted octanol–water partition coefficient (Wildman–Crippen LogP) is 6.05. The summed E-state index contributed by atoms with van der Waals surface area (Å²) in [5, 5.41) is 0.469. The van der Waals surface area contributed by atoms with Crippen molar-refractivity contribution in [3.63, 3.8) is 0 Å². The quantitative estimate of drug-likeness (QED) is 0.283. The summed E-state index contributed by atoms with van der Waals surface area (Å²) in [6.45, 7) is 11.6. The molecule has 0 aliphatic rings. The largest absolute Gasteiger partial charge is 0.496 e. The summed E-state index contributed by atoms with van der Waals surface area (Å²) in [5.74, 6) is 0.779. The number of ether oxygens (including phenoxy) is 3. The Morgan fingerprint density at radius 2 is 1.70 bits per heavy atom. The zero-order chi connectivity index (χ0) is 22.5. The molecule has 0 fully saturated rings. The molecule has 0 unspecified atom stereocenters. The van der Waals surface area contributed by atoms with Crippen LogP contribution < -0.4 is 19.9 Å². The van der Waals surface area contributed by atoms with Crippen molar-refractivity contribution < 1.29 is 23.0 Å². The fraction of sp³-hybridized carbons (Fsp3) is 0.455. The highest BCUT2D eigenvalue weighted by Gasteiger charge is 2.36. The average Bonchev–Trinajstić information content (AvgIpc) is 2.66. The number of nitrogen functional groups attached to an aromatic ring is 1. The second kappa shape index (κ2) is 9.90. The van der Waals surface area contributed by atoms with Crippen LogP contribution in [0.15, 0.2) is 30.3 Å². The van der Waals surface area contributed by atoms with Gasteiger partial charge in [0.2, 0.25) is 0 Å². The van der Waals surface area contributed by atoms with Gasteiger partial charge in [0.05, 0.1) is 30.0 Å². The van der Waals surface area contributed by atoms with Crippen LogP contribution in [0, 0.1) is 5.82 Å². The van der Waals surface area contributed by atoms with E-state index in [0.717, 1.165) is 0 Å². The fourth-order valence-corrected chi connectivity index (χ4v) is 3.64. The Hall–Kier alpha value is -1.96. The van der Waals surface area contributed by atoms with Crippen molar-refractivity contribution in [2.75, 3.05) is 26.1 Å². The molecule has 0 spiro atoms. The first-order valence-corrected chi connectivity index (χ1v) is 13.0. The van der Waals surface area contributed by atoms with Gasteiger partial charge in [-0.2, -0.15) is 0 Å². The van der Waals surface area contributed by atoms with Crippen LogP contribution in [0.25, 0.3) is 0 Å². The van der Waals surface area contributed by atoms with E-state index in [1.54, 1.807) is 24.3 Å². The summed E-state index contributed by atoms with van der Waals surface area (Å²) < 4.78 is 37.2. The smallest absolute Gasteiger partial charge is 0.192 e. The molecule has 0 aromatic heterocycles. The Morgan fingerprint density at radius 3 is 2.33 bits per heavy atom. The number of hydrogen-bond acceptors (Lipinski definition) is 5. The minimum atomic E-state index is -1.87. The van der Waals surface area contributed by atoms with Crippen LogP contribution in [0.1, 0.15) is 26.3 Å². The molecule has 0 aliphatic carbocycles. The predicted molar refractivity (Wildman–Crippen MR) is 122 cm³/mol. The number of benzene rings is 2. The molecule has 2 N–H and O–H groups in total. The first-order valence-electron chi connectivity index (χ1n) is 9.76. The molecular formula is C22H31ClFNO4Si. The summed E-state index contributed by atoms with van der Waals surface area (Å²) in [4.78, 5) is 0. The number of hydrogen-bond donors (Lipinski definition) is 1. The first kappa shape index (κ1) is 24.3. The number of anilines is 1. The maximum atomic E-state index is 14.2. The number of nitrogens with two attached hydrogens (primary N) is 1. The van der Waals surface area contributed by atoms with Gasteiger partial charge in [-0.3, -0.25) is 0 Å². The standard InChI is InChI=1S/C22H31ClFNO4Si/c1-22(2,3)30(5,6)29-11-10-27-20-12-16(23)18(25)13-21(20)28-14-15-17(24)8-7-9-19(15)26-4/h7-9,12-13H,10-11,14,25H2,1-6H3. The normalized spacial score (nSPS) is 12.0. The van der Waals surface area contributed by atoms with Crippen molar-refractivity contribution >= 4 is 25.6 Å². The lowest BCUT2D eigenvalue weighted by molar-refractivity contribution is 0.194. The molecule has 0 heterocycles. The van der Waals surface area contributed by atoms with Crippen LogP contribution in [0.5, 0.6) is 17.2 Å². The molecule has 0 bridgehead atoms. The van der Waals surface area contributed by atoms with E-state index in [2.05, 4.69) is 33.9 Å². The molecule has 0 radical (unpaired) electrons. The lowest BCUT2D eigenvalue weighted by atomic mass is 10.2. The fourth-order valence-electron chi connectivity index (χ4n) is 2.46. The second-order valence-corrected chi connectivity index (χ2v) is 13.7. The maximum Gasteiger partial charge on any atom is 0.192 e. The van der Waals surface area contributed by atoms with Crippen molar-refractivity contribution in [3.8, 4) is 17.2 Å². The molecule has 0 saturated heterocycles. The van der Waals surface area contributed by atoms with Crippen molar-refractivity contribution in [1.82, 2.24) is 0 Å². The molecule has 0 amide bonds. The summed E-state index contributed by atoms with van der Waals surface area (Å²) in [6, 6.07) is 7.77. The minimum Gasteiger partial charge on any atom is -0.496 e. The van der Waals surface area contributed by atoms with Crippen LogP contribution in [-0.2, 0) is 11.0 Å². The molecule has 166 valence electrons. The molecule has 8 heteroatoms. The maximum absolute atomic E-state index is 14.2. The van der Waals surface area contributed by atoms with E-state index in [9.17, 15) is 4.39 Å². The van der Waals surface area contributed by atoms with Gasteiger partial charge in [-0.15, -0.1) is 0 Å². The average molecular weight is 456 g/mol. The molecule has 2 rings (SSSR count). The van der Waals surface area contributed by atoms with Gasteiger partial charge in [-0.25, -0.2) is 4.39 Å². The van der Waals surface area contributed by atoms with Crippen LogP contribution >= 0.6 is 11.6 Å². The molecule has 2 aromatic rings. The highest BCUT2D eigenvalue weighted by molar-refractivity contribution is 6.74. The number of methoxy groups -OCH3 is 1. The van der Waals surface area contributed by atoms with Crippen LogP contribution in [0.4, 0.5) is 10.1 Å². The third-order valence-corrected chi connectivity index (χ3v) is 10.2. The Labute approximate surface area is 184 Å². The lowest BCUT2D eigenvalue weighted by Crippen LogP contribution is -2.41. The third-order valence-electron chi connectivity index (χ3n) is 5.34. The zero-order valence-corrected chi connectivity index (χ0v) is 20.2. The SMILES string of the molecule is COc1cccc(F)c1COc1cc(N)c(Cl)cc1OCCO[Si](C)(C)C(C)(C)C. The van der Waals surface area contributed by atoms with E-state index in [1.165, 1.54) is 13.2 Å². The number of rotatable bonds is 9. The number of halogens is 2. The summed E-state index contributed by atoms with van der Waals surface area (Å²) in [6.07, 6.45) is 0. The molecule has 0 atom stereocenters. The zero-order valence-electron chi connectivity index (χ0n) is 18.5. The van der Waals surface area contributed by atoms with Crippen molar-refractivity contribution in [2.24, 2.45) is 0 Å². The third kappa shape index (κ3) is 6.03. The van der Waals surface area contributed by atoms with E-state index >= 15 is 0 Å². The second-order valence-electron chi connectivity index (χ2n) is 8.49. The minimum absolute atomic E-state index is 0.0479. The van der Waals surface area contributed by atoms with E-state index in [1.807, 2.05) is 0 Å². The van der Waals surface area contributed by atoms with Crippen molar-refractivity contribution in [2.45, 2.75) is 45.5 Å². The monoisotopic (exact) mass is 455 g/mol. The Morgan fingerprint density at radius 1 is 1.03 bits per heavy atom. The molecule has 30 heavy (non-hydrogen) atoms. The van der Waals surface area contributed by atoms with E-state index in [4.69, 9.17) is 36.0 Å². The van der Waals surface area contributed by atoms with Crippen LogP contribution in [0.2, 0.25) is 23.2 Å². The van der Waals surface area contributed by atoms with Crippen molar-refractivity contribution in [1.29, 1.82) is 0 Å². The van der Waals surface area contributed by atoms with Gasteiger partial charge in [0.1, 0.15) is 24.8 Å². The molecule has 0 saturated carbocycles. The van der Waals surface area contributed by atoms with Gasteiger partial charge in [-0.1, -0.05) is 38.4 Å². The molecular weight excluding hydrogens is 425 g/mol. The van der Waals surface area contributed by atoms with Crippen molar-refractivity contribution in [3.05, 3.63) is 46.7 Å². The Bertz CT molecular complexity index is 871. The Balaban J connectivity index is 2.10. The van der Waals surface area contributed by atoms with Crippen LogP contribution in [0.3, 0.4) is 0 Å². The van der Waals surface area contributed by atoms with Gasteiger partial charge in [0.15, 0.2) is 19.8 Å². The molecule has 5 nitrogen and oxygen atoms in total. The summed E-state index contributed by atoms with van der Waals surface area (Å²) >= 11 is 6.16. The lowest BCUT2D eigenvalue weighted by Gasteiger charge is -2.36. The highest BCUT2D eigenvalue weighted by Crippen LogP contribution is 2.38. The highest BCUT2D eigenvalue weighted by atomic mass is 35.5. The summed E-state index contributed by atoms with van der Waals surface area (Å²) in [5.41, 5.74) is 6.57. The Kier molecular flexibility index (Phi) is 8.02. The summed E-state index contributed by atoms with van der Waals surface area (Å²) in [7, 11) is -0.384. The van der Waals surface area contributed by atoms with E-state index in [-0.39, 0.29) is 11.6 Å². The molecule has 2 aromatic carbocycles. The van der Waals surface area contributed by atoms with Gasteiger partial charge >= 0.3 is 0 Å². The van der Waals surface area contributed by atoms with Crippen LogP contribution in [-0.4, -0.2) is 28.6 Å². The van der Waals surface area contributed by atoms with Gasteiger partial charge in [0.25, 0.3) is 0 Å². The van der Waals surface area contributed by atoms with Gasteiger partial charge in [-0.05, 0) is 30.3 Å². The van der Waals surface area contributed by atoms with E-state index in [0.29, 0.717) is 46.7 Å². The van der Waals surface area contributed by atoms with E-state index < -0.39 is 14.1 Å².